The van der Waals surface area contributed by atoms with E-state index in [1.807, 2.05) is 71.7 Å². The molecule has 0 aliphatic rings. The van der Waals surface area contributed by atoms with Gasteiger partial charge in [-0.25, -0.2) is 0 Å². The second-order valence-electron chi connectivity index (χ2n) is 10.8. The normalized spacial score (nSPS) is 10.2. The largest absolute Gasteiger partial charge is 1.00 e. The van der Waals surface area contributed by atoms with Gasteiger partial charge in [0, 0.05) is 42.5 Å². The fourth-order valence-corrected chi connectivity index (χ4v) is 5.30. The van der Waals surface area contributed by atoms with Crippen molar-refractivity contribution in [2.45, 2.75) is 6.92 Å². The zero-order chi connectivity index (χ0) is 33.3. The molecule has 7 nitrogen and oxygen atoms in total. The number of pyridine rings is 4. The maximum Gasteiger partial charge on any atom is 1.00 e. The zero-order valence-electron chi connectivity index (χ0n) is 26.6. The van der Waals surface area contributed by atoms with Crippen LogP contribution in [0.4, 0.5) is 0 Å². The van der Waals surface area contributed by atoms with E-state index >= 15 is 0 Å². The van der Waals surface area contributed by atoms with E-state index in [0.29, 0.717) is 0 Å². The van der Waals surface area contributed by atoms with E-state index in [4.69, 9.17) is 5.11 Å². The average molecular weight is 730 g/mol. The topological polar surface area (TPSA) is 93.0 Å². The van der Waals surface area contributed by atoms with Gasteiger partial charge >= 0.3 is 19.5 Å². The molecule has 3 aromatic carbocycles. The summed E-state index contributed by atoms with van der Waals surface area (Å²) in [6.45, 7) is 1.52. The Morgan fingerprint density at radius 3 is 1.67 bits per heavy atom. The predicted octanol–water partition coefficient (Wildman–Crippen LogP) is 8.44. The third-order valence-corrected chi connectivity index (χ3v) is 7.69. The van der Waals surface area contributed by atoms with Gasteiger partial charge in [-0.1, -0.05) is 91.0 Å². The van der Waals surface area contributed by atoms with Crippen LogP contribution >= 0.6 is 0 Å². The van der Waals surface area contributed by atoms with Gasteiger partial charge in [0.05, 0.1) is 29.2 Å². The summed E-state index contributed by atoms with van der Waals surface area (Å²) < 4.78 is 6.50. The van der Waals surface area contributed by atoms with E-state index in [1.165, 1.54) is 41.5 Å². The Bertz CT molecular complexity index is 2250. The minimum atomic E-state index is -0.404. The third kappa shape index (κ3) is 7.95. The molecule has 241 valence electrons. The number of hydrogen-bond acceptors (Lipinski definition) is 6. The molecule has 1 N–H and O–H groups in total. The molecule has 0 bridgehead atoms. The smallest absolute Gasteiger partial charge is 0.502 e. The first-order valence-electron chi connectivity index (χ1n) is 15.3. The van der Waals surface area contributed by atoms with Crippen LogP contribution in [0.3, 0.4) is 0 Å². The molecule has 8 aromatic rings. The first kappa shape index (κ1) is 34.4. The van der Waals surface area contributed by atoms with E-state index in [-0.39, 0.29) is 31.0 Å². The SMILES string of the molecule is Cc1occc(=O)c1O.[CH2-][n+]1ccccc1-c1ccccn1.[Ru+].c1ccc(-c2ccnc3c2ccc2c(-c4ccccc4)ccnc23)cc1. The molecule has 0 aliphatic carbocycles. The average Bonchev–Trinajstić information content (AvgIpc) is 3.15. The van der Waals surface area contributed by atoms with Gasteiger partial charge < -0.3 is 14.1 Å². The molecular formula is C41H32N4O3Ru+. The number of benzene rings is 3. The number of aryl methyl sites for hydroxylation is 1. The van der Waals surface area contributed by atoms with E-state index in [0.717, 1.165) is 33.2 Å². The summed E-state index contributed by atoms with van der Waals surface area (Å²) in [5.74, 6) is -0.0556. The molecule has 0 spiro atoms. The van der Waals surface area contributed by atoms with Gasteiger partial charge in [0.25, 0.3) is 0 Å². The Hall–Kier alpha value is -5.98. The zero-order valence-corrected chi connectivity index (χ0v) is 28.4. The monoisotopic (exact) mass is 730 g/mol. The summed E-state index contributed by atoms with van der Waals surface area (Å²) in [4.78, 5) is 24.1. The Kier molecular flexibility index (Phi) is 11.4. The molecule has 0 saturated carbocycles. The summed E-state index contributed by atoms with van der Waals surface area (Å²) >= 11 is 0. The van der Waals surface area contributed by atoms with Crippen molar-refractivity contribution in [2.75, 3.05) is 0 Å². The van der Waals surface area contributed by atoms with Gasteiger partial charge in [-0.05, 0) is 59.5 Å². The van der Waals surface area contributed by atoms with E-state index in [9.17, 15) is 4.79 Å². The molecule has 8 heteroatoms. The third-order valence-electron chi connectivity index (χ3n) is 7.69. The quantitative estimate of drug-likeness (QED) is 0.0850. The molecule has 0 amide bonds. The minimum Gasteiger partial charge on any atom is -0.502 e. The molecule has 5 heterocycles. The van der Waals surface area contributed by atoms with Gasteiger partial charge in [0.1, 0.15) is 11.5 Å². The van der Waals surface area contributed by atoms with Crippen molar-refractivity contribution in [2.24, 2.45) is 0 Å². The Labute approximate surface area is 297 Å². The summed E-state index contributed by atoms with van der Waals surface area (Å²) in [6.07, 6.45) is 8.69. The second kappa shape index (κ2) is 16.2. The van der Waals surface area contributed by atoms with Gasteiger partial charge in [-0.3, -0.25) is 19.7 Å². The van der Waals surface area contributed by atoms with Crippen LogP contribution in [-0.2, 0) is 19.5 Å². The minimum absolute atomic E-state index is 0. The fraction of sp³-hybridized carbons (Fsp3) is 0.0244. The number of aromatic nitrogens is 4. The van der Waals surface area contributed by atoms with Crippen LogP contribution < -0.4 is 10.00 Å². The van der Waals surface area contributed by atoms with Gasteiger partial charge in [-0.2, -0.15) is 0 Å². The molecule has 0 unspecified atom stereocenters. The molecule has 49 heavy (non-hydrogen) atoms. The van der Waals surface area contributed by atoms with Crippen molar-refractivity contribution in [3.05, 3.63) is 181 Å². The number of nitrogens with zero attached hydrogens (tertiary/aromatic N) is 4. The standard InChI is InChI=1S/C24H16N2.C11H10N2.C6H6O3.Ru/c1-3-7-17(8-4-1)19-13-15-25-23-21(19)11-12-22-20(14-16-26-24(22)23)18-9-5-2-6-10-18;1-13-9-5-3-7-11(13)10-6-2-4-8-12-10;1-4-6(8)5(7)2-3-9-4;/h1-16H;2-9H,1H2;2-3,8H,1H3;/q;;;+1. The summed E-state index contributed by atoms with van der Waals surface area (Å²) in [6, 6.07) is 42.3. The van der Waals surface area contributed by atoms with E-state index in [2.05, 4.69) is 99.2 Å². The van der Waals surface area contributed by atoms with Crippen LogP contribution in [0.25, 0.3) is 55.4 Å². The van der Waals surface area contributed by atoms with Gasteiger partial charge in [-0.15, -0.1) is 0 Å². The van der Waals surface area contributed by atoms with E-state index in [1.54, 1.807) is 6.20 Å². The van der Waals surface area contributed by atoms with Crippen LogP contribution in [0.1, 0.15) is 5.76 Å². The Morgan fingerprint density at radius 1 is 0.633 bits per heavy atom. The van der Waals surface area contributed by atoms with Crippen molar-refractivity contribution in [3.8, 4) is 39.4 Å². The van der Waals surface area contributed by atoms with Crippen molar-refractivity contribution in [1.82, 2.24) is 15.0 Å². The second-order valence-corrected chi connectivity index (χ2v) is 10.8. The van der Waals surface area contributed by atoms with Crippen LogP contribution in [-0.4, -0.2) is 20.1 Å². The number of hydrogen-bond donors (Lipinski definition) is 1. The van der Waals surface area contributed by atoms with Crippen molar-refractivity contribution in [1.29, 1.82) is 0 Å². The van der Waals surface area contributed by atoms with Crippen LogP contribution in [0.15, 0.2) is 168 Å². The summed E-state index contributed by atoms with van der Waals surface area (Å²) in [7, 11) is 3.87. The van der Waals surface area contributed by atoms with Crippen molar-refractivity contribution < 1.29 is 33.6 Å². The molecular weight excluding hydrogens is 698 g/mol. The van der Waals surface area contributed by atoms with Crippen LogP contribution in [0.2, 0.25) is 0 Å². The Balaban J connectivity index is 0.000000169. The maximum atomic E-state index is 10.5. The number of fused-ring (bicyclic) bond motifs is 3. The molecule has 0 saturated heterocycles. The number of aromatic hydroxyl groups is 1. The number of rotatable bonds is 3. The molecule has 1 radical (unpaired) electrons. The molecule has 0 fully saturated rings. The first-order chi connectivity index (χ1) is 23.5. The molecule has 5 aromatic heterocycles. The van der Waals surface area contributed by atoms with Gasteiger partial charge in [0.2, 0.25) is 11.2 Å². The summed E-state index contributed by atoms with van der Waals surface area (Å²) in [5.41, 5.74) is 8.20. The van der Waals surface area contributed by atoms with Crippen LogP contribution in [0, 0.1) is 14.0 Å². The Morgan fingerprint density at radius 2 is 1.18 bits per heavy atom. The maximum absolute atomic E-state index is 10.5. The molecule has 0 atom stereocenters. The van der Waals surface area contributed by atoms with Crippen LogP contribution in [0.5, 0.6) is 5.75 Å². The molecule has 8 rings (SSSR count). The molecule has 0 aliphatic heterocycles. The van der Waals surface area contributed by atoms with E-state index < -0.39 is 5.43 Å². The first-order valence-corrected chi connectivity index (χ1v) is 15.3. The predicted molar refractivity (Wildman–Crippen MR) is 190 cm³/mol. The van der Waals surface area contributed by atoms with Gasteiger partial charge in [0.15, 0.2) is 0 Å². The summed E-state index contributed by atoms with van der Waals surface area (Å²) in [5, 5.41) is 11.1. The fourth-order valence-electron chi connectivity index (χ4n) is 5.30. The van der Waals surface area contributed by atoms with Crippen molar-refractivity contribution >= 4 is 21.8 Å². The van der Waals surface area contributed by atoms with Crippen molar-refractivity contribution in [3.63, 3.8) is 0 Å².